The number of anilines is 3. The normalized spacial score (nSPS) is 11.9. The molecule has 5 aromatic rings. The number of aromatic nitrogens is 1. The molecule has 0 N–H and O–H groups in total. The van der Waals surface area contributed by atoms with Crippen LogP contribution in [0.3, 0.4) is 0 Å². The lowest BCUT2D eigenvalue weighted by molar-refractivity contribution is 1.17. The second kappa shape index (κ2) is 8.55. The highest BCUT2D eigenvalue weighted by Gasteiger charge is 2.24. The number of nitrogens with zero attached hydrogens (tertiary/aromatic N) is 3. The maximum Gasteiger partial charge on any atom is 0.141 e. The van der Waals surface area contributed by atoms with E-state index in [2.05, 4.69) is 113 Å². The molecule has 0 radical (unpaired) electrons. The molecule has 0 fully saturated rings. The fourth-order valence-electron chi connectivity index (χ4n) is 4.33. The Morgan fingerprint density at radius 2 is 1.24 bits per heavy atom. The standard InChI is InChI=1S/C30H19N3S/c31-20-25-18-24(16-17-32-25)22-14-12-21(13-15-22)23-6-5-7-26(19-23)33-27-8-1-3-10-29(27)34-30-11-4-2-9-28(30)33/h1-19H. The maximum absolute atomic E-state index is 9.14. The summed E-state index contributed by atoms with van der Waals surface area (Å²) in [6.07, 6.45) is 1.68. The summed E-state index contributed by atoms with van der Waals surface area (Å²) >= 11 is 1.82. The van der Waals surface area contributed by atoms with E-state index in [1.807, 2.05) is 23.9 Å². The van der Waals surface area contributed by atoms with Crippen LogP contribution in [0.4, 0.5) is 17.1 Å². The van der Waals surface area contributed by atoms with Crippen LogP contribution in [0.25, 0.3) is 22.3 Å². The Kier molecular flexibility index (Phi) is 5.10. The van der Waals surface area contributed by atoms with Gasteiger partial charge in [-0.05, 0) is 70.8 Å². The maximum atomic E-state index is 9.14. The molecule has 0 spiro atoms. The van der Waals surface area contributed by atoms with Gasteiger partial charge < -0.3 is 4.90 Å². The topological polar surface area (TPSA) is 39.9 Å². The molecule has 6 rings (SSSR count). The van der Waals surface area contributed by atoms with Crippen LogP contribution in [-0.4, -0.2) is 4.98 Å². The summed E-state index contributed by atoms with van der Waals surface area (Å²) in [6, 6.07) is 40.1. The lowest BCUT2D eigenvalue weighted by Crippen LogP contribution is -2.14. The first-order chi connectivity index (χ1) is 16.8. The summed E-state index contributed by atoms with van der Waals surface area (Å²) < 4.78 is 0. The van der Waals surface area contributed by atoms with E-state index in [1.165, 1.54) is 21.2 Å². The molecule has 4 heteroatoms. The number of nitriles is 1. The van der Waals surface area contributed by atoms with Crippen LogP contribution in [0, 0.1) is 11.3 Å². The van der Waals surface area contributed by atoms with Crippen molar-refractivity contribution in [2.75, 3.05) is 4.90 Å². The molecule has 0 bridgehead atoms. The summed E-state index contributed by atoms with van der Waals surface area (Å²) in [5.74, 6) is 0. The van der Waals surface area contributed by atoms with Gasteiger partial charge >= 0.3 is 0 Å². The van der Waals surface area contributed by atoms with E-state index in [9.17, 15) is 0 Å². The van der Waals surface area contributed by atoms with E-state index in [4.69, 9.17) is 5.26 Å². The minimum Gasteiger partial charge on any atom is -0.308 e. The predicted molar refractivity (Wildman–Crippen MR) is 139 cm³/mol. The summed E-state index contributed by atoms with van der Waals surface area (Å²) in [5.41, 5.74) is 8.32. The Hall–Kier alpha value is -4.33. The highest BCUT2D eigenvalue weighted by atomic mass is 32.2. The zero-order valence-electron chi connectivity index (χ0n) is 18.2. The van der Waals surface area contributed by atoms with E-state index >= 15 is 0 Å². The molecule has 0 saturated heterocycles. The Bertz CT molecular complexity index is 1500. The largest absolute Gasteiger partial charge is 0.308 e. The van der Waals surface area contributed by atoms with Crippen LogP contribution in [-0.2, 0) is 0 Å². The van der Waals surface area contributed by atoms with Gasteiger partial charge in [0, 0.05) is 21.7 Å². The minimum atomic E-state index is 0.425. The van der Waals surface area contributed by atoms with Crippen molar-refractivity contribution in [2.45, 2.75) is 9.79 Å². The molecule has 0 unspecified atom stereocenters. The van der Waals surface area contributed by atoms with Gasteiger partial charge in [0.15, 0.2) is 0 Å². The highest BCUT2D eigenvalue weighted by molar-refractivity contribution is 7.99. The molecule has 4 aromatic carbocycles. The van der Waals surface area contributed by atoms with Gasteiger partial charge in [0.05, 0.1) is 11.4 Å². The molecule has 160 valence electrons. The van der Waals surface area contributed by atoms with Crippen LogP contribution in [0.15, 0.2) is 125 Å². The van der Waals surface area contributed by atoms with Gasteiger partial charge in [-0.25, -0.2) is 4.98 Å². The molecular formula is C30H19N3S. The van der Waals surface area contributed by atoms with Crippen molar-refractivity contribution >= 4 is 28.8 Å². The van der Waals surface area contributed by atoms with Crippen molar-refractivity contribution in [3.05, 3.63) is 121 Å². The van der Waals surface area contributed by atoms with E-state index in [0.29, 0.717) is 5.69 Å². The minimum absolute atomic E-state index is 0.425. The Balaban J connectivity index is 1.39. The van der Waals surface area contributed by atoms with Crippen molar-refractivity contribution in [1.82, 2.24) is 4.98 Å². The number of rotatable bonds is 3. The van der Waals surface area contributed by atoms with E-state index in [0.717, 1.165) is 27.9 Å². The fourth-order valence-corrected chi connectivity index (χ4v) is 5.39. The van der Waals surface area contributed by atoms with Crippen LogP contribution in [0.1, 0.15) is 5.69 Å². The highest BCUT2D eigenvalue weighted by Crippen LogP contribution is 2.51. The first-order valence-electron chi connectivity index (χ1n) is 11.0. The molecule has 2 heterocycles. The molecule has 3 nitrogen and oxygen atoms in total. The summed E-state index contributed by atoms with van der Waals surface area (Å²) in [7, 11) is 0. The molecular weight excluding hydrogens is 434 g/mol. The molecule has 0 saturated carbocycles. The van der Waals surface area contributed by atoms with E-state index in [-0.39, 0.29) is 0 Å². The number of hydrogen-bond donors (Lipinski definition) is 0. The third-order valence-corrected chi connectivity index (χ3v) is 7.09. The molecule has 1 aliphatic rings. The van der Waals surface area contributed by atoms with Gasteiger partial charge in [-0.2, -0.15) is 5.26 Å². The lowest BCUT2D eigenvalue weighted by atomic mass is 10.00. The average Bonchev–Trinajstić information content (AvgIpc) is 2.92. The lowest BCUT2D eigenvalue weighted by Gasteiger charge is -2.33. The summed E-state index contributed by atoms with van der Waals surface area (Å²) in [5, 5.41) is 9.14. The average molecular weight is 454 g/mol. The quantitative estimate of drug-likeness (QED) is 0.271. The summed E-state index contributed by atoms with van der Waals surface area (Å²) in [4.78, 5) is 8.92. The summed E-state index contributed by atoms with van der Waals surface area (Å²) in [6.45, 7) is 0. The number of pyridine rings is 1. The second-order valence-corrected chi connectivity index (χ2v) is 9.13. The van der Waals surface area contributed by atoms with Gasteiger partial charge in [0.2, 0.25) is 0 Å². The van der Waals surface area contributed by atoms with Crippen LogP contribution < -0.4 is 4.90 Å². The number of hydrogen-bond acceptors (Lipinski definition) is 4. The second-order valence-electron chi connectivity index (χ2n) is 8.04. The van der Waals surface area contributed by atoms with Gasteiger partial charge in [0.25, 0.3) is 0 Å². The van der Waals surface area contributed by atoms with Crippen LogP contribution in [0.5, 0.6) is 0 Å². The molecule has 0 aliphatic carbocycles. The zero-order valence-corrected chi connectivity index (χ0v) is 19.0. The van der Waals surface area contributed by atoms with Crippen LogP contribution in [0.2, 0.25) is 0 Å². The predicted octanol–water partition coefficient (Wildman–Crippen LogP) is 8.22. The molecule has 1 aromatic heterocycles. The first kappa shape index (κ1) is 20.3. The van der Waals surface area contributed by atoms with E-state index < -0.39 is 0 Å². The van der Waals surface area contributed by atoms with Gasteiger partial charge in [0.1, 0.15) is 11.8 Å². The Labute approximate surface area is 203 Å². The third-order valence-electron chi connectivity index (χ3n) is 5.96. The van der Waals surface area contributed by atoms with Crippen LogP contribution >= 0.6 is 11.8 Å². The SMILES string of the molecule is N#Cc1cc(-c2ccc(-c3cccc(N4c5ccccc5Sc5ccccc54)c3)cc2)ccn1. The molecule has 34 heavy (non-hydrogen) atoms. The molecule has 0 amide bonds. The monoisotopic (exact) mass is 453 g/mol. The van der Waals surface area contributed by atoms with E-state index in [1.54, 1.807) is 6.20 Å². The van der Waals surface area contributed by atoms with Gasteiger partial charge in [-0.15, -0.1) is 0 Å². The van der Waals surface area contributed by atoms with Gasteiger partial charge in [-0.1, -0.05) is 72.4 Å². The van der Waals surface area contributed by atoms with Gasteiger partial charge in [-0.3, -0.25) is 0 Å². The zero-order chi connectivity index (χ0) is 22.9. The number of benzene rings is 4. The first-order valence-corrected chi connectivity index (χ1v) is 11.8. The van der Waals surface area contributed by atoms with Crippen molar-refractivity contribution < 1.29 is 0 Å². The fraction of sp³-hybridized carbons (Fsp3) is 0. The smallest absolute Gasteiger partial charge is 0.141 e. The Morgan fingerprint density at radius 3 is 1.88 bits per heavy atom. The third kappa shape index (κ3) is 3.63. The number of fused-ring (bicyclic) bond motifs is 2. The Morgan fingerprint density at radius 1 is 0.618 bits per heavy atom. The van der Waals surface area contributed by atoms with Crippen molar-refractivity contribution in [3.8, 4) is 28.3 Å². The van der Waals surface area contributed by atoms with Crippen molar-refractivity contribution in [3.63, 3.8) is 0 Å². The van der Waals surface area contributed by atoms with Crippen molar-refractivity contribution in [1.29, 1.82) is 5.26 Å². The molecule has 1 aliphatic heterocycles. The van der Waals surface area contributed by atoms with Crippen molar-refractivity contribution in [2.24, 2.45) is 0 Å². The number of para-hydroxylation sites is 2. The molecule has 0 atom stereocenters.